The molecule has 0 aliphatic heterocycles. The number of azide groups is 1. The van der Waals surface area contributed by atoms with Crippen LogP contribution in [-0.4, -0.2) is 5.97 Å². The maximum atomic E-state index is 13.2. The number of carbonyl (C=O) groups is 1. The normalized spacial score (nSPS) is 9.56. The third-order valence-corrected chi connectivity index (χ3v) is 1.71. The van der Waals surface area contributed by atoms with Crippen LogP contribution < -0.4 is 4.74 Å². The van der Waals surface area contributed by atoms with Gasteiger partial charge in [0.15, 0.2) is 11.6 Å². The number of hydrogen-bond acceptors (Lipinski definition) is 3. The SMILES string of the molecule is C=CC(=O)Oc1c(F)c(F)c(N=[N+]=[N-])c(F)c1F. The molecular formula is C9H3F4N3O2. The molecule has 5 nitrogen and oxygen atoms in total. The Hall–Kier alpha value is -2.54. The van der Waals surface area contributed by atoms with Crippen LogP contribution in [0.2, 0.25) is 0 Å². The van der Waals surface area contributed by atoms with Crippen LogP contribution in [0, 0.1) is 23.3 Å². The number of rotatable bonds is 3. The van der Waals surface area contributed by atoms with Crippen LogP contribution in [0.3, 0.4) is 0 Å². The Morgan fingerprint density at radius 3 is 2.11 bits per heavy atom. The van der Waals surface area contributed by atoms with Crippen molar-refractivity contribution in [2.24, 2.45) is 5.11 Å². The van der Waals surface area contributed by atoms with E-state index in [1.165, 1.54) is 0 Å². The largest absolute Gasteiger partial charge is 0.417 e. The minimum Gasteiger partial charge on any atom is -0.417 e. The fourth-order valence-corrected chi connectivity index (χ4v) is 0.964. The van der Waals surface area contributed by atoms with Crippen molar-refractivity contribution in [2.75, 3.05) is 0 Å². The van der Waals surface area contributed by atoms with E-state index in [1.807, 2.05) is 4.91 Å². The van der Waals surface area contributed by atoms with Crippen LogP contribution in [0.1, 0.15) is 0 Å². The second-order valence-electron chi connectivity index (χ2n) is 2.75. The van der Waals surface area contributed by atoms with Crippen molar-refractivity contribution in [3.63, 3.8) is 0 Å². The van der Waals surface area contributed by atoms with Crippen molar-refractivity contribution in [3.05, 3.63) is 46.4 Å². The van der Waals surface area contributed by atoms with E-state index >= 15 is 0 Å². The van der Waals surface area contributed by atoms with Crippen LogP contribution in [0.15, 0.2) is 17.8 Å². The lowest BCUT2D eigenvalue weighted by Gasteiger charge is -2.08. The molecule has 9 heteroatoms. The molecule has 1 aromatic rings. The minimum absolute atomic E-state index is 0.538. The number of benzene rings is 1. The Labute approximate surface area is 96.9 Å². The fourth-order valence-electron chi connectivity index (χ4n) is 0.964. The van der Waals surface area contributed by atoms with Crippen molar-refractivity contribution in [1.29, 1.82) is 0 Å². The minimum atomic E-state index is -1.99. The number of halogens is 4. The van der Waals surface area contributed by atoms with Gasteiger partial charge in [-0.3, -0.25) is 0 Å². The molecule has 0 saturated heterocycles. The zero-order chi connectivity index (χ0) is 13.9. The Balaban J connectivity index is 3.52. The summed E-state index contributed by atoms with van der Waals surface area (Å²) in [5, 5.41) is 2.46. The fraction of sp³-hybridized carbons (Fsp3) is 0. The van der Waals surface area contributed by atoms with E-state index < -0.39 is 40.7 Å². The highest BCUT2D eigenvalue weighted by Gasteiger charge is 2.27. The highest BCUT2D eigenvalue weighted by atomic mass is 19.2. The first-order chi connectivity index (χ1) is 8.43. The van der Waals surface area contributed by atoms with Gasteiger partial charge in [-0.15, -0.1) is 0 Å². The smallest absolute Gasteiger partial charge is 0.335 e. The predicted molar refractivity (Wildman–Crippen MR) is 50.9 cm³/mol. The molecule has 1 aromatic carbocycles. The van der Waals surface area contributed by atoms with Gasteiger partial charge in [0.05, 0.1) is 0 Å². The zero-order valence-electron chi connectivity index (χ0n) is 8.45. The molecule has 0 amide bonds. The summed E-state index contributed by atoms with van der Waals surface area (Å²) in [6.07, 6.45) is 0.538. The van der Waals surface area contributed by atoms with Crippen LogP contribution in [-0.2, 0) is 4.79 Å². The molecule has 1 rings (SSSR count). The van der Waals surface area contributed by atoms with E-state index in [-0.39, 0.29) is 0 Å². The van der Waals surface area contributed by atoms with Crippen molar-refractivity contribution >= 4 is 11.7 Å². The summed E-state index contributed by atoms with van der Waals surface area (Å²) in [5.41, 5.74) is 6.49. The molecule has 0 spiro atoms. The number of esters is 1. The molecule has 0 unspecified atom stereocenters. The zero-order valence-corrected chi connectivity index (χ0v) is 8.45. The average molecular weight is 261 g/mol. The van der Waals surface area contributed by atoms with Gasteiger partial charge in [-0.25, -0.2) is 13.6 Å². The number of carbonyl (C=O) groups excluding carboxylic acids is 1. The van der Waals surface area contributed by atoms with Gasteiger partial charge < -0.3 is 4.74 Å². The molecule has 0 heterocycles. The topological polar surface area (TPSA) is 75.1 Å². The van der Waals surface area contributed by atoms with E-state index in [0.29, 0.717) is 6.08 Å². The van der Waals surface area contributed by atoms with Gasteiger partial charge >= 0.3 is 5.97 Å². The first kappa shape index (κ1) is 13.5. The van der Waals surface area contributed by atoms with Gasteiger partial charge in [-0.2, -0.15) is 8.78 Å². The standard InChI is InChI=1S/C9H3F4N3O2/c1-2-3(17)18-9-6(12)4(10)8(15-16-14)5(11)7(9)13/h2H,1H2. The summed E-state index contributed by atoms with van der Waals surface area (Å²) in [5.74, 6) is -10.8. The number of hydrogen-bond donors (Lipinski definition) is 0. The van der Waals surface area contributed by atoms with Crippen LogP contribution in [0.25, 0.3) is 10.4 Å². The van der Waals surface area contributed by atoms with E-state index in [1.54, 1.807) is 0 Å². The molecule has 0 fully saturated rings. The molecule has 0 aliphatic rings. The molecule has 94 valence electrons. The van der Waals surface area contributed by atoms with Crippen molar-refractivity contribution in [2.45, 2.75) is 0 Å². The molecule has 0 radical (unpaired) electrons. The van der Waals surface area contributed by atoms with Crippen molar-refractivity contribution < 1.29 is 27.1 Å². The first-order valence-corrected chi connectivity index (χ1v) is 4.19. The third-order valence-electron chi connectivity index (χ3n) is 1.71. The summed E-state index contributed by atoms with van der Waals surface area (Å²) < 4.78 is 56.9. The second kappa shape index (κ2) is 5.19. The summed E-state index contributed by atoms with van der Waals surface area (Å²) in [7, 11) is 0. The average Bonchev–Trinajstić information content (AvgIpc) is 2.37. The van der Waals surface area contributed by atoms with E-state index in [4.69, 9.17) is 5.53 Å². The van der Waals surface area contributed by atoms with E-state index in [2.05, 4.69) is 16.4 Å². The van der Waals surface area contributed by atoms with Gasteiger partial charge in [0.1, 0.15) is 5.69 Å². The molecule has 0 aliphatic carbocycles. The van der Waals surface area contributed by atoms with Crippen LogP contribution >= 0.6 is 0 Å². The molecular weight excluding hydrogens is 258 g/mol. The van der Waals surface area contributed by atoms with Gasteiger partial charge in [0, 0.05) is 11.0 Å². The van der Waals surface area contributed by atoms with Gasteiger partial charge in [-0.05, 0) is 5.53 Å². The summed E-state index contributed by atoms with van der Waals surface area (Å²) in [4.78, 5) is 12.7. The molecule has 0 N–H and O–H groups in total. The molecule has 0 atom stereocenters. The third kappa shape index (κ3) is 2.25. The molecule has 0 bridgehead atoms. The summed E-state index contributed by atoms with van der Waals surface area (Å²) >= 11 is 0. The number of ether oxygens (including phenoxy) is 1. The van der Waals surface area contributed by atoms with Gasteiger partial charge in [-0.1, -0.05) is 11.7 Å². The Morgan fingerprint density at radius 1 is 1.22 bits per heavy atom. The maximum absolute atomic E-state index is 13.2. The number of nitrogens with zero attached hydrogens (tertiary/aromatic N) is 3. The van der Waals surface area contributed by atoms with Gasteiger partial charge in [0.25, 0.3) is 0 Å². The van der Waals surface area contributed by atoms with Crippen LogP contribution in [0.4, 0.5) is 23.2 Å². The first-order valence-electron chi connectivity index (χ1n) is 4.19. The lowest BCUT2D eigenvalue weighted by Crippen LogP contribution is -2.09. The van der Waals surface area contributed by atoms with Crippen molar-refractivity contribution in [1.82, 2.24) is 0 Å². The lowest BCUT2D eigenvalue weighted by molar-refractivity contribution is -0.129. The highest BCUT2D eigenvalue weighted by Crippen LogP contribution is 2.34. The van der Waals surface area contributed by atoms with Gasteiger partial charge in [0.2, 0.25) is 17.4 Å². The molecule has 18 heavy (non-hydrogen) atoms. The van der Waals surface area contributed by atoms with Crippen molar-refractivity contribution in [3.8, 4) is 5.75 Å². The highest BCUT2D eigenvalue weighted by molar-refractivity contribution is 5.83. The monoisotopic (exact) mass is 261 g/mol. The Bertz CT molecular complexity index is 553. The second-order valence-corrected chi connectivity index (χ2v) is 2.75. The lowest BCUT2D eigenvalue weighted by atomic mass is 10.2. The molecule has 0 aromatic heterocycles. The Morgan fingerprint density at radius 2 is 1.72 bits per heavy atom. The van der Waals surface area contributed by atoms with Crippen LogP contribution in [0.5, 0.6) is 5.75 Å². The Kier molecular flexibility index (Phi) is 3.90. The predicted octanol–water partition coefficient (Wildman–Crippen LogP) is 3.28. The summed E-state index contributed by atoms with van der Waals surface area (Å²) in [6.45, 7) is 2.93. The maximum Gasteiger partial charge on any atom is 0.335 e. The summed E-state index contributed by atoms with van der Waals surface area (Å²) in [6, 6.07) is 0. The van der Waals surface area contributed by atoms with E-state index in [9.17, 15) is 22.4 Å². The molecule has 0 saturated carbocycles. The van der Waals surface area contributed by atoms with E-state index in [0.717, 1.165) is 0 Å². The quantitative estimate of drug-likeness (QED) is 0.122.